The van der Waals surface area contributed by atoms with Gasteiger partial charge in [-0.2, -0.15) is 0 Å². The number of rotatable bonds is 4. The predicted molar refractivity (Wildman–Crippen MR) is 94.5 cm³/mol. The van der Waals surface area contributed by atoms with E-state index in [0.717, 1.165) is 37.5 Å². The van der Waals surface area contributed by atoms with Crippen molar-refractivity contribution in [1.29, 1.82) is 0 Å². The zero-order chi connectivity index (χ0) is 16.9. The van der Waals surface area contributed by atoms with Gasteiger partial charge in [-0.25, -0.2) is 4.39 Å². The second kappa shape index (κ2) is 7.77. The van der Waals surface area contributed by atoms with Crippen LogP contribution < -0.4 is 5.32 Å². The molecule has 0 spiro atoms. The van der Waals surface area contributed by atoms with Crippen molar-refractivity contribution in [3.05, 3.63) is 64.9 Å². The van der Waals surface area contributed by atoms with Crippen LogP contribution in [0, 0.1) is 11.7 Å². The van der Waals surface area contributed by atoms with Crippen LogP contribution in [0.5, 0.6) is 0 Å². The number of piperidine rings is 1. The summed E-state index contributed by atoms with van der Waals surface area (Å²) in [5.41, 5.74) is 1.47. The molecular weight excluding hydrogens is 327 g/mol. The number of likely N-dealkylation sites (tertiary alicyclic amines) is 1. The Morgan fingerprint density at radius 2 is 1.79 bits per heavy atom. The van der Waals surface area contributed by atoms with Gasteiger partial charge >= 0.3 is 0 Å². The smallest absolute Gasteiger partial charge is 0.227 e. The van der Waals surface area contributed by atoms with Gasteiger partial charge in [-0.15, -0.1) is 0 Å². The largest absolute Gasteiger partial charge is 0.323 e. The quantitative estimate of drug-likeness (QED) is 0.893. The highest BCUT2D eigenvalue weighted by molar-refractivity contribution is 6.30. The van der Waals surface area contributed by atoms with Gasteiger partial charge in [0.25, 0.3) is 0 Å². The third-order valence-electron chi connectivity index (χ3n) is 4.41. The molecule has 0 radical (unpaired) electrons. The van der Waals surface area contributed by atoms with Crippen LogP contribution in [0.4, 0.5) is 10.1 Å². The Kier molecular flexibility index (Phi) is 5.48. The zero-order valence-electron chi connectivity index (χ0n) is 13.3. The lowest BCUT2D eigenvalue weighted by atomic mass is 9.95. The number of amides is 1. The van der Waals surface area contributed by atoms with Crippen LogP contribution in [0.25, 0.3) is 0 Å². The molecule has 1 aliphatic heterocycles. The molecule has 2 aromatic carbocycles. The van der Waals surface area contributed by atoms with Crippen LogP contribution >= 0.6 is 11.6 Å². The molecular formula is C19H20ClFN2O. The Bertz CT molecular complexity index is 697. The molecule has 0 atom stereocenters. The summed E-state index contributed by atoms with van der Waals surface area (Å²) < 4.78 is 13.6. The van der Waals surface area contributed by atoms with Crippen LogP contribution in [-0.2, 0) is 11.3 Å². The minimum atomic E-state index is -0.397. The highest BCUT2D eigenvalue weighted by Crippen LogP contribution is 2.22. The third kappa shape index (κ3) is 4.34. The maximum atomic E-state index is 13.6. The second-order valence-corrected chi connectivity index (χ2v) is 6.58. The number of nitrogens with zero attached hydrogens (tertiary/aromatic N) is 1. The first-order chi connectivity index (χ1) is 11.6. The number of anilines is 1. The molecule has 0 bridgehead atoms. The minimum absolute atomic E-state index is 0.0638. The van der Waals surface area contributed by atoms with Crippen molar-refractivity contribution in [1.82, 2.24) is 4.90 Å². The average Bonchev–Trinajstić information content (AvgIpc) is 2.59. The summed E-state index contributed by atoms with van der Waals surface area (Å²) in [6.07, 6.45) is 1.57. The van der Waals surface area contributed by atoms with E-state index in [0.29, 0.717) is 0 Å². The number of para-hydroxylation sites is 1. The van der Waals surface area contributed by atoms with Crippen LogP contribution in [-0.4, -0.2) is 23.9 Å². The highest BCUT2D eigenvalue weighted by Gasteiger charge is 2.25. The second-order valence-electron chi connectivity index (χ2n) is 6.15. The van der Waals surface area contributed by atoms with E-state index in [1.54, 1.807) is 18.2 Å². The van der Waals surface area contributed by atoms with Crippen LogP contribution in [0.15, 0.2) is 48.5 Å². The Labute approximate surface area is 146 Å². The monoisotopic (exact) mass is 346 g/mol. The van der Waals surface area contributed by atoms with E-state index < -0.39 is 5.82 Å². The molecule has 3 rings (SSSR count). The summed E-state index contributed by atoms with van der Waals surface area (Å²) in [6.45, 7) is 2.58. The van der Waals surface area contributed by atoms with Gasteiger partial charge in [-0.05, 0) is 55.8 Å². The molecule has 3 nitrogen and oxygen atoms in total. The van der Waals surface area contributed by atoms with Crippen LogP contribution in [0.2, 0.25) is 5.02 Å². The number of carbonyl (C=O) groups excluding carboxylic acids is 1. The molecule has 0 aromatic heterocycles. The molecule has 1 fully saturated rings. The topological polar surface area (TPSA) is 32.3 Å². The van der Waals surface area contributed by atoms with Crippen molar-refractivity contribution in [3.8, 4) is 0 Å². The molecule has 1 N–H and O–H groups in total. The van der Waals surface area contributed by atoms with Gasteiger partial charge in [-0.1, -0.05) is 35.9 Å². The van der Waals surface area contributed by atoms with E-state index in [1.165, 1.54) is 11.6 Å². The fourth-order valence-electron chi connectivity index (χ4n) is 3.00. The maximum Gasteiger partial charge on any atom is 0.227 e. The summed E-state index contributed by atoms with van der Waals surface area (Å²) >= 11 is 5.90. The first kappa shape index (κ1) is 16.9. The van der Waals surface area contributed by atoms with E-state index in [4.69, 9.17) is 11.6 Å². The fraction of sp³-hybridized carbons (Fsp3) is 0.316. The summed E-state index contributed by atoms with van der Waals surface area (Å²) in [6, 6.07) is 14.1. The molecule has 0 saturated carbocycles. The highest BCUT2D eigenvalue weighted by atomic mass is 35.5. The van der Waals surface area contributed by atoms with Crippen molar-refractivity contribution in [2.75, 3.05) is 18.4 Å². The number of halogens is 2. The lowest BCUT2D eigenvalue weighted by Crippen LogP contribution is -2.37. The molecule has 1 saturated heterocycles. The summed E-state index contributed by atoms with van der Waals surface area (Å²) in [7, 11) is 0. The summed E-state index contributed by atoms with van der Waals surface area (Å²) in [5, 5.41) is 3.44. The van der Waals surface area contributed by atoms with Crippen LogP contribution in [0.3, 0.4) is 0 Å². The molecule has 1 aliphatic rings. The number of carbonyl (C=O) groups is 1. The van der Waals surface area contributed by atoms with E-state index >= 15 is 0 Å². The van der Waals surface area contributed by atoms with Gasteiger partial charge in [0.15, 0.2) is 0 Å². The molecule has 24 heavy (non-hydrogen) atoms. The number of nitrogens with one attached hydrogen (secondary N) is 1. The lowest BCUT2D eigenvalue weighted by Gasteiger charge is -2.31. The Hall–Kier alpha value is -1.91. The van der Waals surface area contributed by atoms with E-state index in [2.05, 4.69) is 10.2 Å². The van der Waals surface area contributed by atoms with Crippen molar-refractivity contribution in [2.45, 2.75) is 19.4 Å². The lowest BCUT2D eigenvalue weighted by molar-refractivity contribution is -0.121. The van der Waals surface area contributed by atoms with Gasteiger partial charge in [-0.3, -0.25) is 9.69 Å². The van der Waals surface area contributed by atoms with Gasteiger partial charge in [0.05, 0.1) is 5.69 Å². The zero-order valence-corrected chi connectivity index (χ0v) is 14.1. The number of benzene rings is 2. The normalized spacial score (nSPS) is 16.1. The third-order valence-corrected chi connectivity index (χ3v) is 4.66. The summed E-state index contributed by atoms with van der Waals surface area (Å²) in [5.74, 6) is -0.552. The first-order valence-electron chi connectivity index (χ1n) is 8.14. The minimum Gasteiger partial charge on any atom is -0.323 e. The molecule has 2 aromatic rings. The Morgan fingerprint density at radius 3 is 2.46 bits per heavy atom. The molecule has 0 aliphatic carbocycles. The van der Waals surface area contributed by atoms with Gasteiger partial charge in [0, 0.05) is 17.5 Å². The first-order valence-corrected chi connectivity index (χ1v) is 8.52. The molecule has 1 amide bonds. The van der Waals surface area contributed by atoms with Crippen LogP contribution in [0.1, 0.15) is 18.4 Å². The number of hydrogen-bond donors (Lipinski definition) is 1. The SMILES string of the molecule is O=C(Nc1ccccc1F)C1CCN(Cc2ccc(Cl)cc2)CC1. The maximum absolute atomic E-state index is 13.6. The predicted octanol–water partition coefficient (Wildman–Crippen LogP) is 4.33. The van der Waals surface area contributed by atoms with E-state index in [-0.39, 0.29) is 17.5 Å². The van der Waals surface area contributed by atoms with Gasteiger partial charge in [0.1, 0.15) is 5.82 Å². The summed E-state index contributed by atoms with van der Waals surface area (Å²) in [4.78, 5) is 14.6. The van der Waals surface area contributed by atoms with Crippen molar-refractivity contribution in [2.24, 2.45) is 5.92 Å². The molecule has 126 valence electrons. The van der Waals surface area contributed by atoms with Gasteiger partial charge < -0.3 is 5.32 Å². The van der Waals surface area contributed by atoms with Crippen molar-refractivity contribution < 1.29 is 9.18 Å². The number of hydrogen-bond acceptors (Lipinski definition) is 2. The fourth-order valence-corrected chi connectivity index (χ4v) is 3.12. The standard InChI is InChI=1S/C19H20ClFN2O/c20-16-7-5-14(6-8-16)13-23-11-9-15(10-12-23)19(24)22-18-4-2-1-3-17(18)21/h1-8,15H,9-13H2,(H,22,24). The molecule has 5 heteroatoms. The molecule has 1 heterocycles. The van der Waals surface area contributed by atoms with E-state index in [9.17, 15) is 9.18 Å². The average molecular weight is 347 g/mol. The molecule has 0 unspecified atom stereocenters. The van der Waals surface area contributed by atoms with E-state index in [1.807, 2.05) is 24.3 Å². The Morgan fingerprint density at radius 1 is 1.12 bits per heavy atom. The Balaban J connectivity index is 1.50. The van der Waals surface area contributed by atoms with Crippen molar-refractivity contribution >= 4 is 23.2 Å². The van der Waals surface area contributed by atoms with Gasteiger partial charge in [0.2, 0.25) is 5.91 Å². The van der Waals surface area contributed by atoms with Crippen molar-refractivity contribution in [3.63, 3.8) is 0 Å².